The maximum absolute atomic E-state index is 11.7. The molecule has 0 bridgehead atoms. The summed E-state index contributed by atoms with van der Waals surface area (Å²) in [5.74, 6) is 0.164. The summed E-state index contributed by atoms with van der Waals surface area (Å²) in [4.78, 5) is 11.7. The minimum absolute atomic E-state index is 0.164. The number of halogens is 1. The van der Waals surface area contributed by atoms with Gasteiger partial charge in [-0.25, -0.2) is 0 Å². The summed E-state index contributed by atoms with van der Waals surface area (Å²) in [5.41, 5.74) is 1.23. The van der Waals surface area contributed by atoms with Gasteiger partial charge in [0.25, 0.3) is 0 Å². The van der Waals surface area contributed by atoms with Crippen LogP contribution in [0.15, 0.2) is 24.3 Å². The molecule has 1 saturated heterocycles. The van der Waals surface area contributed by atoms with Crippen LogP contribution in [0.3, 0.4) is 0 Å². The maximum atomic E-state index is 11.7. The quantitative estimate of drug-likeness (QED) is 0.812. The van der Waals surface area contributed by atoms with Crippen LogP contribution in [-0.4, -0.2) is 25.0 Å². The van der Waals surface area contributed by atoms with Gasteiger partial charge >= 0.3 is 0 Å². The number of hydrogen-bond acceptors (Lipinski definition) is 2. The smallest absolute Gasteiger partial charge is 0.220 e. The Morgan fingerprint density at radius 2 is 2.15 bits per heavy atom. The third kappa shape index (κ3) is 5.51. The molecule has 2 N–H and O–H groups in total. The molecule has 0 spiro atoms. The number of rotatable bonds is 7. The second-order valence-electron chi connectivity index (χ2n) is 5.41. The minimum atomic E-state index is 0.164. The van der Waals surface area contributed by atoms with E-state index in [1.165, 1.54) is 18.4 Å². The molecule has 1 aliphatic rings. The van der Waals surface area contributed by atoms with Gasteiger partial charge in [-0.1, -0.05) is 23.7 Å². The van der Waals surface area contributed by atoms with Crippen LogP contribution in [-0.2, 0) is 11.2 Å². The number of carbonyl (C=O) groups excluding carboxylic acids is 1. The lowest BCUT2D eigenvalue weighted by Gasteiger charge is -2.10. The van der Waals surface area contributed by atoms with Crippen molar-refractivity contribution in [3.8, 4) is 0 Å². The zero-order valence-electron chi connectivity index (χ0n) is 11.8. The van der Waals surface area contributed by atoms with Crippen molar-refractivity contribution in [2.24, 2.45) is 0 Å². The first kappa shape index (κ1) is 15.3. The normalized spacial score (nSPS) is 18.1. The van der Waals surface area contributed by atoms with E-state index in [1.54, 1.807) is 0 Å². The highest BCUT2D eigenvalue weighted by molar-refractivity contribution is 6.30. The Balaban J connectivity index is 1.54. The molecule has 1 aromatic carbocycles. The molecule has 1 atom stereocenters. The Bertz CT molecular complexity index is 413. The van der Waals surface area contributed by atoms with Gasteiger partial charge in [-0.05, 0) is 56.3 Å². The SMILES string of the molecule is O=C(CCCc1ccc(Cl)cc1)NCC[C@@H]1CCCN1. The van der Waals surface area contributed by atoms with Gasteiger partial charge in [0, 0.05) is 24.0 Å². The standard InChI is InChI=1S/C16H23ClN2O/c17-14-8-6-13(7-9-14)3-1-5-16(20)19-12-10-15-4-2-11-18-15/h6-9,15,18H,1-5,10-12H2,(H,19,20)/t15-/m0/s1. The lowest BCUT2D eigenvalue weighted by Crippen LogP contribution is -2.30. The maximum Gasteiger partial charge on any atom is 0.220 e. The molecule has 20 heavy (non-hydrogen) atoms. The number of amides is 1. The van der Waals surface area contributed by atoms with Crippen LogP contribution < -0.4 is 10.6 Å². The summed E-state index contributed by atoms with van der Waals surface area (Å²) in [6.07, 6.45) is 5.96. The number of nitrogens with one attached hydrogen (secondary N) is 2. The van der Waals surface area contributed by atoms with Crippen LogP contribution in [0.4, 0.5) is 0 Å². The summed E-state index contributed by atoms with van der Waals surface area (Å²) < 4.78 is 0. The zero-order chi connectivity index (χ0) is 14.2. The highest BCUT2D eigenvalue weighted by Gasteiger charge is 2.13. The van der Waals surface area contributed by atoms with E-state index >= 15 is 0 Å². The average Bonchev–Trinajstić information content (AvgIpc) is 2.94. The van der Waals surface area contributed by atoms with E-state index in [4.69, 9.17) is 11.6 Å². The van der Waals surface area contributed by atoms with E-state index in [0.717, 1.165) is 37.4 Å². The van der Waals surface area contributed by atoms with E-state index in [9.17, 15) is 4.79 Å². The summed E-state index contributed by atoms with van der Waals surface area (Å²) in [5, 5.41) is 7.20. The molecule has 4 heteroatoms. The predicted molar refractivity (Wildman–Crippen MR) is 83.0 cm³/mol. The molecule has 0 aromatic heterocycles. The molecular formula is C16H23ClN2O. The van der Waals surface area contributed by atoms with E-state index in [-0.39, 0.29) is 5.91 Å². The minimum Gasteiger partial charge on any atom is -0.356 e. The number of hydrogen-bond donors (Lipinski definition) is 2. The molecule has 1 aliphatic heterocycles. The monoisotopic (exact) mass is 294 g/mol. The highest BCUT2D eigenvalue weighted by atomic mass is 35.5. The van der Waals surface area contributed by atoms with E-state index < -0.39 is 0 Å². The van der Waals surface area contributed by atoms with Gasteiger partial charge in [-0.2, -0.15) is 0 Å². The number of benzene rings is 1. The number of carbonyl (C=O) groups is 1. The Labute approximate surface area is 126 Å². The molecule has 1 amide bonds. The third-order valence-corrected chi connectivity index (χ3v) is 4.01. The molecule has 0 radical (unpaired) electrons. The Morgan fingerprint density at radius 1 is 1.35 bits per heavy atom. The average molecular weight is 295 g/mol. The van der Waals surface area contributed by atoms with E-state index in [0.29, 0.717) is 12.5 Å². The van der Waals surface area contributed by atoms with Gasteiger partial charge in [0.15, 0.2) is 0 Å². The largest absolute Gasteiger partial charge is 0.356 e. The first-order valence-corrected chi connectivity index (χ1v) is 7.86. The van der Waals surface area contributed by atoms with Crippen LogP contribution in [0.5, 0.6) is 0 Å². The number of aryl methyl sites for hydroxylation is 1. The zero-order valence-corrected chi connectivity index (χ0v) is 12.6. The van der Waals surface area contributed by atoms with Gasteiger partial charge in [-0.15, -0.1) is 0 Å². The van der Waals surface area contributed by atoms with Crippen molar-refractivity contribution in [1.82, 2.24) is 10.6 Å². The Hall–Kier alpha value is -1.06. The van der Waals surface area contributed by atoms with Crippen LogP contribution in [0.25, 0.3) is 0 Å². The fourth-order valence-corrected chi connectivity index (χ4v) is 2.71. The lowest BCUT2D eigenvalue weighted by molar-refractivity contribution is -0.121. The molecule has 1 aromatic rings. The van der Waals surface area contributed by atoms with Crippen LogP contribution in [0, 0.1) is 0 Å². The van der Waals surface area contributed by atoms with Gasteiger partial charge < -0.3 is 10.6 Å². The van der Waals surface area contributed by atoms with Crippen molar-refractivity contribution >= 4 is 17.5 Å². The third-order valence-electron chi connectivity index (χ3n) is 3.76. The Kier molecular flexibility index (Phi) is 6.34. The molecule has 0 aliphatic carbocycles. The fraction of sp³-hybridized carbons (Fsp3) is 0.562. The molecule has 1 heterocycles. The van der Waals surface area contributed by atoms with E-state index in [2.05, 4.69) is 10.6 Å². The topological polar surface area (TPSA) is 41.1 Å². The molecule has 0 unspecified atom stereocenters. The van der Waals surface area contributed by atoms with E-state index in [1.807, 2.05) is 24.3 Å². The van der Waals surface area contributed by atoms with Crippen LogP contribution in [0.1, 0.15) is 37.7 Å². The Morgan fingerprint density at radius 3 is 2.85 bits per heavy atom. The van der Waals surface area contributed by atoms with Crippen molar-refractivity contribution in [3.63, 3.8) is 0 Å². The van der Waals surface area contributed by atoms with Crippen molar-refractivity contribution in [2.45, 2.75) is 44.6 Å². The lowest BCUT2D eigenvalue weighted by atomic mass is 10.1. The second-order valence-corrected chi connectivity index (χ2v) is 5.85. The molecule has 110 valence electrons. The van der Waals surface area contributed by atoms with Crippen molar-refractivity contribution < 1.29 is 4.79 Å². The van der Waals surface area contributed by atoms with Crippen LogP contribution >= 0.6 is 11.6 Å². The van der Waals surface area contributed by atoms with Gasteiger partial charge in [-0.3, -0.25) is 4.79 Å². The summed E-state index contributed by atoms with van der Waals surface area (Å²) in [7, 11) is 0. The molecule has 3 nitrogen and oxygen atoms in total. The van der Waals surface area contributed by atoms with Gasteiger partial charge in [0.05, 0.1) is 0 Å². The highest BCUT2D eigenvalue weighted by Crippen LogP contribution is 2.11. The first-order chi connectivity index (χ1) is 9.74. The summed E-state index contributed by atoms with van der Waals surface area (Å²) in [6, 6.07) is 8.43. The van der Waals surface area contributed by atoms with Crippen molar-refractivity contribution in [3.05, 3.63) is 34.9 Å². The predicted octanol–water partition coefficient (Wildman–Crippen LogP) is 2.92. The summed E-state index contributed by atoms with van der Waals surface area (Å²) in [6.45, 7) is 1.91. The first-order valence-electron chi connectivity index (χ1n) is 7.48. The van der Waals surface area contributed by atoms with Gasteiger partial charge in [0.2, 0.25) is 5.91 Å². The van der Waals surface area contributed by atoms with Crippen LogP contribution in [0.2, 0.25) is 5.02 Å². The molecule has 0 saturated carbocycles. The fourth-order valence-electron chi connectivity index (χ4n) is 2.58. The molecule has 1 fully saturated rings. The second kappa shape index (κ2) is 8.28. The van der Waals surface area contributed by atoms with Crippen molar-refractivity contribution in [1.29, 1.82) is 0 Å². The van der Waals surface area contributed by atoms with Gasteiger partial charge in [0.1, 0.15) is 0 Å². The molecule has 2 rings (SSSR count). The molecular weight excluding hydrogens is 272 g/mol. The summed E-state index contributed by atoms with van der Waals surface area (Å²) >= 11 is 5.84. The van der Waals surface area contributed by atoms with Crippen molar-refractivity contribution in [2.75, 3.05) is 13.1 Å².